The van der Waals surface area contributed by atoms with Gasteiger partial charge in [-0.25, -0.2) is 4.57 Å². The van der Waals surface area contributed by atoms with Gasteiger partial charge in [-0.3, -0.25) is 23.4 Å². The number of esters is 3. The zero-order valence-corrected chi connectivity index (χ0v) is 44.1. The van der Waals surface area contributed by atoms with Gasteiger partial charge in [-0.2, -0.15) is 0 Å². The number of aliphatic hydroxyl groups is 1. The number of rotatable bonds is 46. The van der Waals surface area contributed by atoms with Gasteiger partial charge < -0.3 is 24.2 Å². The van der Waals surface area contributed by atoms with Gasteiger partial charge >= 0.3 is 25.7 Å². The van der Waals surface area contributed by atoms with Crippen LogP contribution in [0, 0.1) is 0 Å². The van der Waals surface area contributed by atoms with Crippen LogP contribution < -0.4 is 0 Å². The number of carbonyl (C=O) groups is 3. The highest BCUT2D eigenvalue weighted by Crippen LogP contribution is 2.43. The van der Waals surface area contributed by atoms with Gasteiger partial charge in [-0.15, -0.1) is 0 Å². The van der Waals surface area contributed by atoms with Crippen molar-refractivity contribution in [2.75, 3.05) is 26.4 Å². The lowest BCUT2D eigenvalue weighted by atomic mass is 10.1. The highest BCUT2D eigenvalue weighted by Gasteiger charge is 2.28. The van der Waals surface area contributed by atoms with Crippen LogP contribution >= 0.6 is 7.82 Å². The average molecular weight is 995 g/mol. The third-order valence-electron chi connectivity index (χ3n) is 10.0. The largest absolute Gasteiger partial charge is 0.472 e. The summed E-state index contributed by atoms with van der Waals surface area (Å²) in [6, 6.07) is 0. The van der Waals surface area contributed by atoms with E-state index >= 15 is 0 Å². The molecule has 0 heterocycles. The van der Waals surface area contributed by atoms with Gasteiger partial charge in [0.2, 0.25) is 0 Å². The number of allylic oxidation sites excluding steroid dienone is 22. The second-order valence-electron chi connectivity index (χ2n) is 16.6. The summed E-state index contributed by atoms with van der Waals surface area (Å²) in [5.41, 5.74) is 0. The van der Waals surface area contributed by atoms with Gasteiger partial charge in [0, 0.05) is 19.3 Å². The van der Waals surface area contributed by atoms with Gasteiger partial charge in [-0.1, -0.05) is 180 Å². The molecule has 70 heavy (non-hydrogen) atoms. The zero-order chi connectivity index (χ0) is 51.3. The summed E-state index contributed by atoms with van der Waals surface area (Å²) < 4.78 is 39.2. The Morgan fingerprint density at radius 1 is 0.414 bits per heavy atom. The summed E-state index contributed by atoms with van der Waals surface area (Å²) in [4.78, 5) is 48.3. The van der Waals surface area contributed by atoms with Gasteiger partial charge in [0.15, 0.2) is 6.10 Å². The molecule has 0 aromatic carbocycles. The second kappa shape index (κ2) is 51.0. The topological polar surface area (TPSA) is 155 Å². The normalized spacial score (nSPS) is 14.5. The number of ether oxygens (including phenoxy) is 3. The lowest BCUT2D eigenvalue weighted by molar-refractivity contribution is -0.161. The Kier molecular flexibility index (Phi) is 47.8. The fraction of sp³-hybridized carbons (Fsp3) is 0.569. The van der Waals surface area contributed by atoms with Crippen molar-refractivity contribution in [1.29, 1.82) is 0 Å². The standard InChI is InChI=1S/C58H91O11P/c1-4-7-10-13-16-19-22-25-26-27-28-31-32-35-38-41-44-47-56(60)65-51-55(69-58(62)49-46-43-40-37-34-30-24-21-18-15-12-9-6-3)53-67-70(63,64)66-52-54(50-59)68-57(61)48-45-42-39-36-33-29-23-20-17-14-11-8-5-2/h7,9-12,14,16,18-21,23,25-26,28,30-31,34-35,38,40,43,54-55,59H,4-6,8,13,15,17,22,24,27,29,32-33,36-37,39,41-42,44-53H2,1-3H3,(H,63,64)/b10-7-,12-9-,14-11-,19-16-,21-18-,23-20-,26-25-,31-28-,34-30-,38-35-,43-40-. The molecule has 12 heteroatoms. The van der Waals surface area contributed by atoms with Crippen LogP contribution in [-0.4, -0.2) is 66.5 Å². The molecule has 0 spiro atoms. The van der Waals surface area contributed by atoms with Crippen molar-refractivity contribution < 1.29 is 52.2 Å². The van der Waals surface area contributed by atoms with Crippen molar-refractivity contribution in [3.63, 3.8) is 0 Å². The third kappa shape index (κ3) is 48.6. The highest BCUT2D eigenvalue weighted by atomic mass is 31.2. The average Bonchev–Trinajstić information content (AvgIpc) is 3.35. The van der Waals surface area contributed by atoms with Crippen molar-refractivity contribution in [2.45, 2.75) is 187 Å². The number of phosphoric acid groups is 1. The van der Waals surface area contributed by atoms with Gasteiger partial charge in [-0.05, 0) is 109 Å². The van der Waals surface area contributed by atoms with Crippen LogP contribution in [0.15, 0.2) is 134 Å². The molecule has 0 aromatic rings. The molecule has 3 atom stereocenters. The fourth-order valence-corrected chi connectivity index (χ4v) is 6.93. The number of hydrogen-bond donors (Lipinski definition) is 2. The van der Waals surface area contributed by atoms with E-state index in [0.717, 1.165) is 103 Å². The van der Waals surface area contributed by atoms with E-state index in [4.69, 9.17) is 23.3 Å². The van der Waals surface area contributed by atoms with Crippen molar-refractivity contribution in [3.05, 3.63) is 134 Å². The fourth-order valence-electron chi connectivity index (χ4n) is 6.15. The van der Waals surface area contributed by atoms with E-state index in [9.17, 15) is 28.9 Å². The first kappa shape index (κ1) is 65.6. The highest BCUT2D eigenvalue weighted by molar-refractivity contribution is 7.47. The SMILES string of the molecule is CC/C=C\C/C=C\C/C=C\C/C=C\C/C=C\CCCC(=O)OCC(COP(=O)(O)OCC(CO)OC(=O)CCCCCCC/C=C\C/C=C\CCC)OC(=O)CC/C=C\C/C=C\C/C=C\C/C=C\CC. The number of unbranched alkanes of at least 4 members (excludes halogenated alkanes) is 7. The van der Waals surface area contributed by atoms with Crippen molar-refractivity contribution in [3.8, 4) is 0 Å². The van der Waals surface area contributed by atoms with E-state index in [1.807, 2.05) is 30.4 Å². The Labute approximate surface area is 423 Å². The summed E-state index contributed by atoms with van der Waals surface area (Å²) in [7, 11) is -4.78. The summed E-state index contributed by atoms with van der Waals surface area (Å²) >= 11 is 0. The van der Waals surface area contributed by atoms with E-state index in [2.05, 4.69) is 124 Å². The minimum absolute atomic E-state index is 0.0256. The summed E-state index contributed by atoms with van der Waals surface area (Å²) in [6.07, 6.45) is 63.1. The lowest BCUT2D eigenvalue weighted by Crippen LogP contribution is -2.30. The molecular weight excluding hydrogens is 904 g/mol. The first-order valence-corrected chi connectivity index (χ1v) is 27.6. The number of aliphatic hydroxyl groups excluding tert-OH is 1. The molecule has 3 unspecified atom stereocenters. The maximum absolute atomic E-state index is 12.8. The van der Waals surface area contributed by atoms with Crippen molar-refractivity contribution in [2.24, 2.45) is 0 Å². The van der Waals surface area contributed by atoms with E-state index in [0.29, 0.717) is 32.1 Å². The molecule has 0 saturated heterocycles. The van der Waals surface area contributed by atoms with Gasteiger partial charge in [0.25, 0.3) is 0 Å². The molecule has 0 saturated carbocycles. The molecule has 394 valence electrons. The number of carbonyl (C=O) groups excluding carboxylic acids is 3. The Balaban J connectivity index is 4.93. The molecule has 11 nitrogen and oxygen atoms in total. The van der Waals surface area contributed by atoms with Gasteiger partial charge in [0.1, 0.15) is 12.7 Å². The number of phosphoric ester groups is 1. The third-order valence-corrected chi connectivity index (χ3v) is 11.0. The van der Waals surface area contributed by atoms with Crippen molar-refractivity contribution >= 4 is 25.7 Å². The van der Waals surface area contributed by atoms with E-state index < -0.39 is 64.4 Å². The molecule has 0 aliphatic carbocycles. The molecule has 2 N–H and O–H groups in total. The number of hydrogen-bond acceptors (Lipinski definition) is 10. The minimum Gasteiger partial charge on any atom is -0.462 e. The smallest absolute Gasteiger partial charge is 0.462 e. The van der Waals surface area contributed by atoms with Crippen LogP contribution in [0.1, 0.15) is 175 Å². The van der Waals surface area contributed by atoms with Crippen LogP contribution in [0.2, 0.25) is 0 Å². The lowest BCUT2D eigenvalue weighted by Gasteiger charge is -2.21. The molecule has 0 amide bonds. The predicted molar refractivity (Wildman–Crippen MR) is 288 cm³/mol. The molecule has 0 aromatic heterocycles. The first-order chi connectivity index (χ1) is 34.2. The second-order valence-corrected chi connectivity index (χ2v) is 18.0. The predicted octanol–water partition coefficient (Wildman–Crippen LogP) is 15.0. The molecule has 0 fully saturated rings. The quantitative estimate of drug-likeness (QED) is 0.0197. The van der Waals surface area contributed by atoms with Gasteiger partial charge in [0.05, 0.1) is 19.8 Å². The van der Waals surface area contributed by atoms with E-state index in [1.54, 1.807) is 0 Å². The Hall–Kier alpha value is -4.38. The maximum atomic E-state index is 12.8. The maximum Gasteiger partial charge on any atom is 0.472 e. The molecule has 0 radical (unpaired) electrons. The molecule has 0 bridgehead atoms. The van der Waals surface area contributed by atoms with Crippen LogP contribution in [0.25, 0.3) is 0 Å². The minimum atomic E-state index is -4.78. The van der Waals surface area contributed by atoms with Crippen LogP contribution in [-0.2, 0) is 42.2 Å². The van der Waals surface area contributed by atoms with Crippen LogP contribution in [0.3, 0.4) is 0 Å². The zero-order valence-electron chi connectivity index (χ0n) is 43.2. The Bertz CT molecular complexity index is 1680. The molecule has 0 aliphatic heterocycles. The Morgan fingerprint density at radius 3 is 1.27 bits per heavy atom. The van der Waals surface area contributed by atoms with Crippen LogP contribution in [0.4, 0.5) is 0 Å². The van der Waals surface area contributed by atoms with Crippen molar-refractivity contribution in [1.82, 2.24) is 0 Å². The summed E-state index contributed by atoms with van der Waals surface area (Å²) in [6.45, 7) is 4.14. The van der Waals surface area contributed by atoms with Crippen LogP contribution in [0.5, 0.6) is 0 Å². The van der Waals surface area contributed by atoms with E-state index in [-0.39, 0.29) is 19.3 Å². The van der Waals surface area contributed by atoms with E-state index in [1.165, 1.54) is 0 Å². The molecule has 0 rings (SSSR count). The first-order valence-electron chi connectivity index (χ1n) is 26.1. The summed E-state index contributed by atoms with van der Waals surface area (Å²) in [5, 5.41) is 9.77. The Morgan fingerprint density at radius 2 is 0.786 bits per heavy atom. The summed E-state index contributed by atoms with van der Waals surface area (Å²) in [5.74, 6) is -1.67. The monoisotopic (exact) mass is 995 g/mol. The molecule has 0 aliphatic rings. The molecular formula is C58H91O11P.